The van der Waals surface area contributed by atoms with Crippen molar-refractivity contribution in [1.29, 1.82) is 0 Å². The van der Waals surface area contributed by atoms with Crippen LogP contribution in [0.15, 0.2) is 23.2 Å². The summed E-state index contributed by atoms with van der Waals surface area (Å²) in [7, 11) is 0. The molecule has 0 aliphatic heterocycles. The smallest absolute Gasteiger partial charge is 0.211 e. The van der Waals surface area contributed by atoms with E-state index in [1.165, 1.54) is 12.1 Å². The molecule has 0 radical (unpaired) electrons. The summed E-state index contributed by atoms with van der Waals surface area (Å²) in [6.45, 7) is 1.73. The van der Waals surface area contributed by atoms with E-state index in [2.05, 4.69) is 4.99 Å². The number of rotatable bonds is 2. The van der Waals surface area contributed by atoms with E-state index in [1.807, 2.05) is 0 Å². The minimum Gasteiger partial charge on any atom is -0.211 e. The molecule has 0 aliphatic carbocycles. The molecule has 1 rings (SSSR count). The summed E-state index contributed by atoms with van der Waals surface area (Å²) in [5, 5.41) is 0. The molecule has 5 heteroatoms. The number of aryl methyl sites for hydroxylation is 1. The summed E-state index contributed by atoms with van der Waals surface area (Å²) in [5.74, 6) is 0. The van der Waals surface area contributed by atoms with Crippen molar-refractivity contribution >= 4 is 11.8 Å². The predicted octanol–water partition coefficient (Wildman–Crippen LogP) is 3.24. The molecule has 80 valence electrons. The van der Waals surface area contributed by atoms with Crippen molar-refractivity contribution in [2.75, 3.05) is 0 Å². The van der Waals surface area contributed by atoms with E-state index in [0.717, 1.165) is 12.1 Å². The zero-order valence-corrected chi connectivity index (χ0v) is 7.93. The highest BCUT2D eigenvalue weighted by Gasteiger charge is 2.31. The molecule has 1 aromatic rings. The molecule has 0 fully saturated rings. The van der Waals surface area contributed by atoms with Crippen LogP contribution >= 0.6 is 0 Å². The monoisotopic (exact) mass is 215 g/mol. The molecule has 0 spiro atoms. The summed E-state index contributed by atoms with van der Waals surface area (Å²) in [6, 6.07) is 3.30. The average molecular weight is 215 g/mol. The molecule has 0 bridgehead atoms. The molecule has 0 heterocycles. The van der Waals surface area contributed by atoms with Gasteiger partial charge in [-0.05, 0) is 30.2 Å². The maximum Gasteiger partial charge on any atom is 0.416 e. The fourth-order valence-corrected chi connectivity index (χ4v) is 1.16. The first-order valence-corrected chi connectivity index (χ1v) is 4.26. The highest BCUT2D eigenvalue weighted by Crippen LogP contribution is 2.32. The Morgan fingerprint density at radius 1 is 1.33 bits per heavy atom. The van der Waals surface area contributed by atoms with Gasteiger partial charge in [-0.3, -0.25) is 0 Å². The summed E-state index contributed by atoms with van der Waals surface area (Å²) >= 11 is 0. The van der Waals surface area contributed by atoms with Gasteiger partial charge in [-0.1, -0.05) is 6.92 Å². The highest BCUT2D eigenvalue weighted by atomic mass is 19.4. The van der Waals surface area contributed by atoms with Gasteiger partial charge in [-0.25, -0.2) is 4.79 Å². The average Bonchev–Trinajstić information content (AvgIpc) is 2.16. The first-order valence-electron chi connectivity index (χ1n) is 4.26. The van der Waals surface area contributed by atoms with Gasteiger partial charge in [-0.2, -0.15) is 18.2 Å². The zero-order valence-electron chi connectivity index (χ0n) is 7.93. The minimum atomic E-state index is -4.42. The van der Waals surface area contributed by atoms with E-state index in [0.29, 0.717) is 12.0 Å². The molecule has 0 atom stereocenters. The van der Waals surface area contributed by atoms with Crippen LogP contribution in [0.1, 0.15) is 18.1 Å². The van der Waals surface area contributed by atoms with Gasteiger partial charge >= 0.3 is 6.18 Å². The Kier molecular flexibility index (Phi) is 3.27. The summed E-state index contributed by atoms with van der Waals surface area (Å²) in [4.78, 5) is 13.1. The molecular formula is C10H8F3NO. The van der Waals surface area contributed by atoms with Crippen LogP contribution in [0.5, 0.6) is 0 Å². The van der Waals surface area contributed by atoms with Crippen LogP contribution in [0.4, 0.5) is 18.9 Å². The van der Waals surface area contributed by atoms with Crippen molar-refractivity contribution in [1.82, 2.24) is 0 Å². The quantitative estimate of drug-likeness (QED) is 0.550. The van der Waals surface area contributed by atoms with E-state index in [4.69, 9.17) is 0 Å². The zero-order chi connectivity index (χ0) is 11.5. The van der Waals surface area contributed by atoms with Gasteiger partial charge in [0.15, 0.2) is 0 Å². The lowest BCUT2D eigenvalue weighted by atomic mass is 10.1. The standard InChI is InChI=1S/C10H8F3NO/c1-2-7-3-8(10(11,12)13)5-9(4-7)14-6-15/h3-5H,2H2,1H3. The van der Waals surface area contributed by atoms with Crippen LogP contribution in [0.2, 0.25) is 0 Å². The first kappa shape index (κ1) is 11.5. The first-order chi connectivity index (χ1) is 6.97. The van der Waals surface area contributed by atoms with Crippen molar-refractivity contribution in [2.24, 2.45) is 4.99 Å². The fourth-order valence-electron chi connectivity index (χ4n) is 1.16. The van der Waals surface area contributed by atoms with Gasteiger partial charge in [0, 0.05) is 0 Å². The van der Waals surface area contributed by atoms with Crippen LogP contribution in [-0.2, 0) is 17.4 Å². The number of nitrogens with zero attached hydrogens (tertiary/aromatic N) is 1. The lowest BCUT2D eigenvalue weighted by molar-refractivity contribution is -0.137. The molecule has 15 heavy (non-hydrogen) atoms. The molecule has 0 saturated carbocycles. The maximum atomic E-state index is 12.4. The van der Waals surface area contributed by atoms with Gasteiger partial charge in [-0.15, -0.1) is 0 Å². The lowest BCUT2D eigenvalue weighted by Gasteiger charge is -2.08. The number of halogens is 3. The largest absolute Gasteiger partial charge is 0.416 e. The Morgan fingerprint density at radius 2 is 2.00 bits per heavy atom. The van der Waals surface area contributed by atoms with E-state index in [-0.39, 0.29) is 5.69 Å². The second-order valence-electron chi connectivity index (χ2n) is 2.94. The minimum absolute atomic E-state index is 0.0170. The fraction of sp³-hybridized carbons (Fsp3) is 0.300. The van der Waals surface area contributed by atoms with E-state index in [1.54, 1.807) is 6.92 Å². The molecule has 0 aromatic heterocycles. The third-order valence-corrected chi connectivity index (χ3v) is 1.89. The molecule has 1 aromatic carbocycles. The SMILES string of the molecule is CCc1cc(N=C=O)cc(C(F)(F)F)c1. The third-order valence-electron chi connectivity index (χ3n) is 1.89. The predicted molar refractivity (Wildman–Crippen MR) is 48.6 cm³/mol. The van der Waals surface area contributed by atoms with Crippen molar-refractivity contribution in [2.45, 2.75) is 19.5 Å². The second-order valence-corrected chi connectivity index (χ2v) is 2.94. The van der Waals surface area contributed by atoms with Crippen LogP contribution < -0.4 is 0 Å². The summed E-state index contributed by atoms with van der Waals surface area (Å²) in [5.41, 5.74) is -0.327. The van der Waals surface area contributed by atoms with Crippen LogP contribution in [0.3, 0.4) is 0 Å². The van der Waals surface area contributed by atoms with Gasteiger partial charge in [0.2, 0.25) is 6.08 Å². The van der Waals surface area contributed by atoms with Gasteiger partial charge in [0.1, 0.15) is 0 Å². The summed E-state index contributed by atoms with van der Waals surface area (Å²) < 4.78 is 37.2. The van der Waals surface area contributed by atoms with Crippen LogP contribution in [-0.4, -0.2) is 6.08 Å². The molecule has 2 nitrogen and oxygen atoms in total. The van der Waals surface area contributed by atoms with E-state index in [9.17, 15) is 18.0 Å². The molecule has 0 N–H and O–H groups in total. The van der Waals surface area contributed by atoms with Gasteiger partial charge in [0.05, 0.1) is 11.3 Å². The maximum absolute atomic E-state index is 12.4. The Bertz CT molecular complexity index is 406. The number of isocyanates is 1. The third kappa shape index (κ3) is 2.92. The van der Waals surface area contributed by atoms with Crippen molar-refractivity contribution in [3.8, 4) is 0 Å². The van der Waals surface area contributed by atoms with Gasteiger partial charge < -0.3 is 0 Å². The molecule has 0 unspecified atom stereocenters. The Morgan fingerprint density at radius 3 is 2.47 bits per heavy atom. The number of hydrogen-bond acceptors (Lipinski definition) is 2. The number of carbonyl (C=O) groups excluding carboxylic acids is 1. The number of aliphatic imine (C=N–C) groups is 1. The van der Waals surface area contributed by atoms with Crippen molar-refractivity contribution in [3.05, 3.63) is 29.3 Å². The van der Waals surface area contributed by atoms with E-state index >= 15 is 0 Å². The lowest BCUT2D eigenvalue weighted by Crippen LogP contribution is -2.05. The van der Waals surface area contributed by atoms with Crippen molar-refractivity contribution in [3.63, 3.8) is 0 Å². The molecular weight excluding hydrogens is 207 g/mol. The molecule has 0 saturated heterocycles. The normalized spacial score (nSPS) is 10.9. The highest BCUT2D eigenvalue weighted by molar-refractivity contribution is 5.52. The Balaban J connectivity index is 3.29. The Hall–Kier alpha value is -1.61. The number of alkyl halides is 3. The second kappa shape index (κ2) is 4.28. The van der Waals surface area contributed by atoms with Crippen molar-refractivity contribution < 1.29 is 18.0 Å². The summed E-state index contributed by atoms with van der Waals surface area (Å²) in [6.07, 6.45) is -2.75. The van der Waals surface area contributed by atoms with E-state index < -0.39 is 11.7 Å². The van der Waals surface area contributed by atoms with Crippen LogP contribution in [0.25, 0.3) is 0 Å². The number of benzene rings is 1. The van der Waals surface area contributed by atoms with Crippen LogP contribution in [0, 0.1) is 0 Å². The Labute approximate surface area is 84.4 Å². The number of hydrogen-bond donors (Lipinski definition) is 0. The van der Waals surface area contributed by atoms with Gasteiger partial charge in [0.25, 0.3) is 0 Å². The molecule has 0 aliphatic rings. The molecule has 0 amide bonds. The topological polar surface area (TPSA) is 29.4 Å².